The van der Waals surface area contributed by atoms with Gasteiger partial charge in [0.1, 0.15) is 5.75 Å². The molecule has 0 amide bonds. The smallest absolute Gasteiger partial charge is 0.119 e. The van der Waals surface area contributed by atoms with Crippen LogP contribution in [-0.4, -0.2) is 67.3 Å². The number of rotatable bonds is 4. The van der Waals surface area contributed by atoms with Crippen molar-refractivity contribution in [2.75, 3.05) is 33.9 Å². The van der Waals surface area contributed by atoms with Crippen molar-refractivity contribution in [3.63, 3.8) is 0 Å². The van der Waals surface area contributed by atoms with Gasteiger partial charge in [-0.15, -0.1) is 0 Å². The Kier molecular flexibility index (Phi) is 4.52. The lowest BCUT2D eigenvalue weighted by molar-refractivity contribution is -0.127. The number of aliphatic hydroxyl groups is 2. The summed E-state index contributed by atoms with van der Waals surface area (Å²) in [6.07, 6.45) is 3.22. The molecule has 2 N–H and O–H groups in total. The van der Waals surface area contributed by atoms with Gasteiger partial charge in [-0.2, -0.15) is 0 Å². The highest BCUT2D eigenvalue weighted by molar-refractivity contribution is 5.46. The third-order valence-electron chi connectivity index (χ3n) is 6.77. The van der Waals surface area contributed by atoms with Gasteiger partial charge in [0.2, 0.25) is 0 Å². The number of ether oxygens (including phenoxy) is 2. The largest absolute Gasteiger partial charge is 0.497 e. The molecule has 5 nitrogen and oxygen atoms in total. The minimum Gasteiger partial charge on any atom is -0.497 e. The lowest BCUT2D eigenvalue weighted by atomic mass is 9.51. The van der Waals surface area contributed by atoms with E-state index >= 15 is 0 Å². The Morgan fingerprint density at radius 3 is 2.96 bits per heavy atom. The molecular weight excluding hydrogens is 318 g/mol. The third kappa shape index (κ3) is 2.69. The van der Waals surface area contributed by atoms with Crippen LogP contribution >= 0.6 is 0 Å². The summed E-state index contributed by atoms with van der Waals surface area (Å²) in [5.41, 5.74) is 2.66. The second kappa shape index (κ2) is 6.54. The first-order valence-electron chi connectivity index (χ1n) is 9.37. The molecule has 0 unspecified atom stereocenters. The number of nitrogens with zero attached hydrogens (tertiary/aromatic N) is 1. The van der Waals surface area contributed by atoms with Crippen molar-refractivity contribution in [3.8, 4) is 5.75 Å². The average molecular weight is 347 g/mol. The lowest BCUT2D eigenvalue weighted by Crippen LogP contribution is -2.65. The van der Waals surface area contributed by atoms with Crippen molar-refractivity contribution in [2.24, 2.45) is 5.92 Å². The fourth-order valence-electron chi connectivity index (χ4n) is 5.72. The van der Waals surface area contributed by atoms with Gasteiger partial charge in [-0.1, -0.05) is 6.07 Å². The Hall–Kier alpha value is -1.14. The van der Waals surface area contributed by atoms with Crippen LogP contribution < -0.4 is 4.74 Å². The second-order valence-corrected chi connectivity index (χ2v) is 7.93. The highest BCUT2D eigenvalue weighted by Crippen LogP contribution is 2.56. The Labute approximate surface area is 149 Å². The summed E-state index contributed by atoms with van der Waals surface area (Å²) in [7, 11) is 3.89. The Morgan fingerprint density at radius 1 is 1.36 bits per heavy atom. The van der Waals surface area contributed by atoms with Crippen molar-refractivity contribution >= 4 is 0 Å². The Balaban J connectivity index is 1.79. The maximum Gasteiger partial charge on any atom is 0.119 e. The van der Waals surface area contributed by atoms with Crippen LogP contribution in [0.2, 0.25) is 0 Å². The highest BCUT2D eigenvalue weighted by Gasteiger charge is 2.58. The molecule has 1 aromatic rings. The van der Waals surface area contributed by atoms with Gasteiger partial charge in [0.25, 0.3) is 0 Å². The van der Waals surface area contributed by atoms with E-state index in [1.807, 2.05) is 6.07 Å². The van der Waals surface area contributed by atoms with Gasteiger partial charge in [0, 0.05) is 17.4 Å². The summed E-state index contributed by atoms with van der Waals surface area (Å²) in [6.45, 7) is 1.41. The first-order valence-corrected chi connectivity index (χ1v) is 9.37. The van der Waals surface area contributed by atoms with E-state index < -0.39 is 0 Å². The molecule has 2 fully saturated rings. The maximum absolute atomic E-state index is 11.0. The Morgan fingerprint density at radius 2 is 2.20 bits per heavy atom. The van der Waals surface area contributed by atoms with Gasteiger partial charge in [0.15, 0.2) is 0 Å². The zero-order valence-electron chi connectivity index (χ0n) is 15.1. The van der Waals surface area contributed by atoms with E-state index in [0.29, 0.717) is 19.1 Å². The molecule has 5 heteroatoms. The minimum absolute atomic E-state index is 0.000364. The fourth-order valence-corrected chi connectivity index (χ4v) is 5.72. The standard InChI is InChI=1S/C20H29NO4/c1-21-6-5-20-12-15(25-8-7-22)11-18(23)19(20)17(21)9-13-3-4-14(24-2)10-16(13)20/h3-4,10,15,17-19,22-23H,5-9,11-12H2,1-2H3/t15-,17-,18-,19+,20-/m1/s1. The number of benzene rings is 1. The molecule has 2 aliphatic carbocycles. The first-order chi connectivity index (χ1) is 12.1. The zero-order chi connectivity index (χ0) is 17.6. The molecular formula is C20H29NO4. The predicted molar refractivity (Wildman–Crippen MR) is 95.0 cm³/mol. The topological polar surface area (TPSA) is 62.2 Å². The second-order valence-electron chi connectivity index (χ2n) is 7.93. The third-order valence-corrected chi connectivity index (χ3v) is 6.77. The van der Waals surface area contributed by atoms with Crippen LogP contribution in [-0.2, 0) is 16.6 Å². The summed E-state index contributed by atoms with van der Waals surface area (Å²) in [5, 5.41) is 20.2. The summed E-state index contributed by atoms with van der Waals surface area (Å²) in [6, 6.07) is 6.81. The maximum atomic E-state index is 11.0. The van der Waals surface area contributed by atoms with Crippen molar-refractivity contribution in [2.45, 2.75) is 49.3 Å². The zero-order valence-corrected chi connectivity index (χ0v) is 15.1. The highest BCUT2D eigenvalue weighted by atomic mass is 16.5. The summed E-state index contributed by atoms with van der Waals surface area (Å²) in [5.74, 6) is 1.12. The quantitative estimate of drug-likeness (QED) is 0.861. The summed E-state index contributed by atoms with van der Waals surface area (Å²) >= 11 is 0. The van der Waals surface area contributed by atoms with E-state index in [4.69, 9.17) is 14.6 Å². The summed E-state index contributed by atoms with van der Waals surface area (Å²) in [4.78, 5) is 2.42. The van der Waals surface area contributed by atoms with Gasteiger partial charge in [-0.3, -0.25) is 0 Å². The fraction of sp³-hybridized carbons (Fsp3) is 0.700. The van der Waals surface area contributed by atoms with E-state index in [9.17, 15) is 5.11 Å². The summed E-state index contributed by atoms with van der Waals surface area (Å²) < 4.78 is 11.4. The van der Waals surface area contributed by atoms with Gasteiger partial charge >= 0.3 is 0 Å². The molecule has 138 valence electrons. The molecule has 1 saturated heterocycles. The molecule has 1 aromatic carbocycles. The number of likely N-dealkylation sites (tertiary alicyclic amines) is 1. The first kappa shape index (κ1) is 17.3. The normalized spacial score (nSPS) is 37.3. The van der Waals surface area contributed by atoms with Gasteiger partial charge < -0.3 is 24.6 Å². The number of hydrogen-bond acceptors (Lipinski definition) is 5. The van der Waals surface area contributed by atoms with Gasteiger partial charge in [-0.05, 0) is 62.5 Å². The number of fused-ring (bicyclic) bond motifs is 1. The molecule has 0 aromatic heterocycles. The van der Waals surface area contributed by atoms with Gasteiger partial charge in [-0.25, -0.2) is 0 Å². The van der Waals surface area contributed by atoms with E-state index in [0.717, 1.165) is 31.6 Å². The van der Waals surface area contributed by atoms with Crippen LogP contribution in [0.1, 0.15) is 30.4 Å². The van der Waals surface area contributed by atoms with Crippen molar-refractivity contribution in [3.05, 3.63) is 29.3 Å². The van der Waals surface area contributed by atoms with Crippen LogP contribution in [0.5, 0.6) is 5.75 Å². The van der Waals surface area contributed by atoms with Crippen LogP contribution in [0.15, 0.2) is 18.2 Å². The molecule has 1 heterocycles. The Bertz CT molecular complexity index is 636. The molecule has 3 aliphatic rings. The molecule has 4 rings (SSSR count). The molecule has 5 atom stereocenters. The number of piperidine rings is 1. The van der Waals surface area contributed by atoms with E-state index in [1.54, 1.807) is 7.11 Å². The van der Waals surface area contributed by atoms with Crippen LogP contribution in [0, 0.1) is 5.92 Å². The molecule has 1 aliphatic heterocycles. The van der Waals surface area contributed by atoms with Gasteiger partial charge in [0.05, 0.1) is 32.5 Å². The predicted octanol–water partition coefficient (Wildman–Crippen LogP) is 1.34. The minimum atomic E-state index is -0.371. The molecule has 25 heavy (non-hydrogen) atoms. The number of aliphatic hydroxyl groups excluding tert-OH is 2. The number of methoxy groups -OCH3 is 1. The monoisotopic (exact) mass is 347 g/mol. The van der Waals surface area contributed by atoms with E-state index in [1.165, 1.54) is 11.1 Å². The van der Waals surface area contributed by atoms with Crippen molar-refractivity contribution < 1.29 is 19.7 Å². The van der Waals surface area contributed by atoms with Crippen molar-refractivity contribution in [1.82, 2.24) is 4.90 Å². The van der Waals surface area contributed by atoms with Crippen LogP contribution in [0.25, 0.3) is 0 Å². The van der Waals surface area contributed by atoms with Crippen LogP contribution in [0.4, 0.5) is 0 Å². The van der Waals surface area contributed by atoms with E-state index in [2.05, 4.69) is 24.1 Å². The molecule has 2 bridgehead atoms. The van der Waals surface area contributed by atoms with Crippen LogP contribution in [0.3, 0.4) is 0 Å². The lowest BCUT2D eigenvalue weighted by Gasteiger charge is -2.60. The number of likely N-dealkylation sites (N-methyl/N-ethyl adjacent to an activating group) is 1. The molecule has 0 spiro atoms. The molecule has 0 radical (unpaired) electrons. The average Bonchev–Trinajstić information content (AvgIpc) is 2.62. The molecule has 1 saturated carbocycles. The van der Waals surface area contributed by atoms with E-state index in [-0.39, 0.29) is 30.1 Å². The SMILES string of the molecule is COc1ccc2c(c1)[C@]13CCN(C)[C@H](C2)[C@H]1[C@H](O)C[C@@H](OCCO)C3. The van der Waals surface area contributed by atoms with Crippen molar-refractivity contribution in [1.29, 1.82) is 0 Å². The number of hydrogen-bond donors (Lipinski definition) is 2.